The van der Waals surface area contributed by atoms with Crippen molar-refractivity contribution in [3.8, 4) is 11.5 Å². The van der Waals surface area contributed by atoms with Crippen molar-refractivity contribution in [3.63, 3.8) is 0 Å². The number of hydrogen-bond donors (Lipinski definition) is 0. The van der Waals surface area contributed by atoms with E-state index in [1.54, 1.807) is 0 Å². The molecule has 0 N–H and O–H groups in total. The average Bonchev–Trinajstić information content (AvgIpc) is 3.07. The van der Waals surface area contributed by atoms with Crippen LogP contribution in [0.1, 0.15) is 142 Å². The van der Waals surface area contributed by atoms with Gasteiger partial charge in [-0.3, -0.25) is 0 Å². The Balaban J connectivity index is 1.23. The van der Waals surface area contributed by atoms with Gasteiger partial charge in [0.2, 0.25) is 0 Å². The standard InChI is InChI=1S/C38H60F2O6/c1-3-5-7-9-11-13-35(39)37(41)45-33-19-15-29(16-20-33)27-43-31-23-25-32(26-24-31)44-28-30-17-21-34(22-18-30)46-38(42)36(40)14-12-10-8-6-4-2/h23-26,29-30,33-36H,3-22,27-28H2,1-2H3/t29?,30?,33?,34?,35-,36-/m0/s1. The van der Waals surface area contributed by atoms with Crippen molar-refractivity contribution in [3.05, 3.63) is 24.3 Å². The number of alkyl halides is 2. The molecule has 6 nitrogen and oxygen atoms in total. The molecule has 0 unspecified atom stereocenters. The molecule has 2 saturated carbocycles. The summed E-state index contributed by atoms with van der Waals surface area (Å²) in [5.41, 5.74) is 0. The normalized spacial score (nSPS) is 22.9. The Morgan fingerprint density at radius 3 is 1.28 bits per heavy atom. The molecule has 3 rings (SSSR count). The fourth-order valence-electron chi connectivity index (χ4n) is 6.46. The highest BCUT2D eigenvalue weighted by Crippen LogP contribution is 2.30. The number of hydrogen-bond acceptors (Lipinski definition) is 6. The van der Waals surface area contributed by atoms with E-state index in [0.717, 1.165) is 127 Å². The SMILES string of the molecule is CCCCCCC[C@H](F)C(=O)OC1CCC(COc2ccc(OCC3CCC(OC(=O)[C@@H](F)CCCCCCC)CC3)cc2)CC1. The fourth-order valence-corrected chi connectivity index (χ4v) is 6.46. The lowest BCUT2D eigenvalue weighted by Crippen LogP contribution is -2.30. The zero-order chi connectivity index (χ0) is 33.0. The largest absolute Gasteiger partial charge is 0.493 e. The van der Waals surface area contributed by atoms with E-state index in [0.29, 0.717) is 25.0 Å². The number of carbonyl (C=O) groups is 2. The van der Waals surface area contributed by atoms with E-state index in [4.69, 9.17) is 18.9 Å². The number of benzene rings is 1. The van der Waals surface area contributed by atoms with Crippen molar-refractivity contribution < 1.29 is 37.3 Å². The summed E-state index contributed by atoms with van der Waals surface area (Å²) in [6.45, 7) is 5.48. The molecular weight excluding hydrogens is 590 g/mol. The van der Waals surface area contributed by atoms with Gasteiger partial charge in [0.1, 0.15) is 23.7 Å². The van der Waals surface area contributed by atoms with Crippen LogP contribution in [0.15, 0.2) is 24.3 Å². The molecule has 0 aliphatic heterocycles. The van der Waals surface area contributed by atoms with Gasteiger partial charge in [-0.15, -0.1) is 0 Å². The van der Waals surface area contributed by atoms with Crippen LogP contribution >= 0.6 is 0 Å². The van der Waals surface area contributed by atoms with Crippen molar-refractivity contribution in [2.75, 3.05) is 13.2 Å². The summed E-state index contributed by atoms with van der Waals surface area (Å²) in [5.74, 6) is 0.948. The molecule has 0 heterocycles. The summed E-state index contributed by atoms with van der Waals surface area (Å²) in [6.07, 6.45) is 13.9. The van der Waals surface area contributed by atoms with Gasteiger partial charge in [0.25, 0.3) is 0 Å². The number of esters is 2. The third-order valence-electron chi connectivity index (χ3n) is 9.58. The quantitative estimate of drug-likeness (QED) is 0.0919. The Morgan fingerprint density at radius 2 is 0.935 bits per heavy atom. The maximum atomic E-state index is 14.2. The van der Waals surface area contributed by atoms with Crippen molar-refractivity contribution in [2.24, 2.45) is 11.8 Å². The van der Waals surface area contributed by atoms with E-state index in [1.807, 2.05) is 24.3 Å². The van der Waals surface area contributed by atoms with Crippen LogP contribution in [0, 0.1) is 11.8 Å². The predicted octanol–water partition coefficient (Wildman–Crippen LogP) is 10.0. The molecule has 0 bridgehead atoms. The third kappa shape index (κ3) is 15.0. The lowest BCUT2D eigenvalue weighted by Gasteiger charge is -2.29. The highest BCUT2D eigenvalue weighted by Gasteiger charge is 2.29. The van der Waals surface area contributed by atoms with Gasteiger partial charge in [0.05, 0.1) is 13.2 Å². The first-order valence-corrected chi connectivity index (χ1v) is 18.4. The summed E-state index contributed by atoms with van der Waals surface area (Å²) in [4.78, 5) is 24.3. The number of ether oxygens (including phenoxy) is 4. The van der Waals surface area contributed by atoms with Crippen LogP contribution in [-0.2, 0) is 19.1 Å². The second-order valence-electron chi connectivity index (χ2n) is 13.6. The van der Waals surface area contributed by atoms with Crippen LogP contribution in [0.25, 0.3) is 0 Å². The molecule has 1 aromatic rings. The maximum absolute atomic E-state index is 14.2. The maximum Gasteiger partial charge on any atom is 0.340 e. The lowest BCUT2D eigenvalue weighted by atomic mass is 9.88. The van der Waals surface area contributed by atoms with Crippen molar-refractivity contribution in [1.29, 1.82) is 0 Å². The highest BCUT2D eigenvalue weighted by molar-refractivity contribution is 5.75. The molecule has 46 heavy (non-hydrogen) atoms. The minimum Gasteiger partial charge on any atom is -0.493 e. The molecule has 0 amide bonds. The molecule has 2 aliphatic carbocycles. The highest BCUT2D eigenvalue weighted by atomic mass is 19.1. The molecule has 0 saturated heterocycles. The van der Waals surface area contributed by atoms with Gasteiger partial charge in [-0.05, 0) is 113 Å². The van der Waals surface area contributed by atoms with Crippen molar-refractivity contribution in [2.45, 2.75) is 167 Å². The van der Waals surface area contributed by atoms with Gasteiger partial charge >= 0.3 is 11.9 Å². The summed E-state index contributed by atoms with van der Waals surface area (Å²) >= 11 is 0. The molecule has 0 aromatic heterocycles. The van der Waals surface area contributed by atoms with Crippen LogP contribution in [-0.4, -0.2) is 49.7 Å². The zero-order valence-corrected chi connectivity index (χ0v) is 28.5. The van der Waals surface area contributed by atoms with E-state index >= 15 is 0 Å². The van der Waals surface area contributed by atoms with Crippen LogP contribution < -0.4 is 9.47 Å². The smallest absolute Gasteiger partial charge is 0.340 e. The number of unbranched alkanes of at least 4 members (excludes halogenated alkanes) is 8. The summed E-state index contributed by atoms with van der Waals surface area (Å²) in [7, 11) is 0. The predicted molar refractivity (Wildman–Crippen MR) is 178 cm³/mol. The van der Waals surface area contributed by atoms with Crippen LogP contribution in [0.3, 0.4) is 0 Å². The monoisotopic (exact) mass is 650 g/mol. The van der Waals surface area contributed by atoms with E-state index in [-0.39, 0.29) is 25.0 Å². The zero-order valence-electron chi connectivity index (χ0n) is 28.5. The summed E-state index contributed by atoms with van der Waals surface area (Å²) in [6, 6.07) is 7.67. The van der Waals surface area contributed by atoms with Crippen LogP contribution in [0.5, 0.6) is 11.5 Å². The minimum atomic E-state index is -1.51. The molecule has 262 valence electrons. The van der Waals surface area contributed by atoms with E-state index < -0.39 is 24.3 Å². The summed E-state index contributed by atoms with van der Waals surface area (Å²) in [5, 5.41) is 0. The first-order valence-electron chi connectivity index (χ1n) is 18.4. The van der Waals surface area contributed by atoms with Gasteiger partial charge in [-0.2, -0.15) is 0 Å². The van der Waals surface area contributed by atoms with Crippen LogP contribution in [0.2, 0.25) is 0 Å². The number of rotatable bonds is 22. The molecule has 2 atom stereocenters. The molecule has 8 heteroatoms. The topological polar surface area (TPSA) is 71.1 Å². The van der Waals surface area contributed by atoms with E-state index in [9.17, 15) is 18.4 Å². The molecule has 0 spiro atoms. The minimum absolute atomic E-state index is 0.194. The molecule has 0 radical (unpaired) electrons. The fraction of sp³-hybridized carbons (Fsp3) is 0.789. The van der Waals surface area contributed by atoms with Crippen LogP contribution in [0.4, 0.5) is 8.78 Å². The van der Waals surface area contributed by atoms with Gasteiger partial charge in [0.15, 0.2) is 12.3 Å². The van der Waals surface area contributed by atoms with Crippen molar-refractivity contribution in [1.82, 2.24) is 0 Å². The van der Waals surface area contributed by atoms with Gasteiger partial charge in [0, 0.05) is 0 Å². The Hall–Kier alpha value is -2.38. The molecule has 2 aliphatic rings. The molecule has 1 aromatic carbocycles. The molecule has 2 fully saturated rings. The van der Waals surface area contributed by atoms with Crippen molar-refractivity contribution >= 4 is 11.9 Å². The first-order chi connectivity index (χ1) is 22.4. The van der Waals surface area contributed by atoms with E-state index in [2.05, 4.69) is 13.8 Å². The Labute approximate surface area is 276 Å². The third-order valence-corrected chi connectivity index (χ3v) is 9.58. The summed E-state index contributed by atoms with van der Waals surface area (Å²) < 4.78 is 51.4. The molecular formula is C38H60F2O6. The second kappa shape index (κ2) is 22.2. The Kier molecular flexibility index (Phi) is 18.4. The number of halogens is 2. The van der Waals surface area contributed by atoms with E-state index in [1.165, 1.54) is 0 Å². The van der Waals surface area contributed by atoms with Gasteiger partial charge < -0.3 is 18.9 Å². The number of carbonyl (C=O) groups excluding carboxylic acids is 2. The Bertz CT molecular complexity index is 879. The lowest BCUT2D eigenvalue weighted by molar-refractivity contribution is -0.158. The average molecular weight is 651 g/mol. The Morgan fingerprint density at radius 1 is 0.587 bits per heavy atom. The van der Waals surface area contributed by atoms with Gasteiger partial charge in [-0.25, -0.2) is 18.4 Å². The first kappa shape index (κ1) is 38.1. The second-order valence-corrected chi connectivity index (χ2v) is 13.6. The van der Waals surface area contributed by atoms with Gasteiger partial charge in [-0.1, -0.05) is 65.2 Å².